The Morgan fingerprint density at radius 2 is 0.905 bits per heavy atom. The third-order valence-electron chi connectivity index (χ3n) is 3.32. The van der Waals surface area contributed by atoms with Gasteiger partial charge in [0.2, 0.25) is 0 Å². The van der Waals surface area contributed by atoms with Gasteiger partial charge in [-0.2, -0.15) is 0 Å². The largest absolute Gasteiger partial charge is 0.0654 e. The molecule has 0 unspecified atom stereocenters. The second kappa shape index (κ2) is 13.9. The van der Waals surface area contributed by atoms with Gasteiger partial charge in [-0.15, -0.1) is 0 Å². The van der Waals surface area contributed by atoms with E-state index in [4.69, 9.17) is 0 Å². The van der Waals surface area contributed by atoms with Crippen LogP contribution in [0, 0.1) is 0 Å². The minimum absolute atomic E-state index is 0. The van der Waals surface area contributed by atoms with Crippen LogP contribution in [0.25, 0.3) is 0 Å². The second-order valence-electron chi connectivity index (χ2n) is 5.18. The number of hydrogen-bond acceptors (Lipinski definition) is 0. The Morgan fingerprint density at radius 3 is 1.19 bits per heavy atom. The van der Waals surface area contributed by atoms with Crippen LogP contribution in [0.1, 0.15) is 50.7 Å². The van der Waals surface area contributed by atoms with E-state index in [1.165, 1.54) is 49.7 Å². The second-order valence-corrected chi connectivity index (χ2v) is 5.18. The zero-order chi connectivity index (χ0) is 14.5. The number of aryl methyl sites for hydroxylation is 2. The molecule has 118 valence electrons. The van der Waals surface area contributed by atoms with Crippen molar-refractivity contribution >= 4 is 0 Å². The molecule has 0 atom stereocenters. The quantitative estimate of drug-likeness (QED) is 0.566. The maximum atomic E-state index is 2.23. The molecule has 0 radical (unpaired) electrons. The van der Waals surface area contributed by atoms with Crippen LogP contribution in [-0.4, -0.2) is 0 Å². The molecular weight excluding hydrogens is 299 g/mol. The van der Waals surface area contributed by atoms with Crippen molar-refractivity contribution in [3.63, 3.8) is 0 Å². The van der Waals surface area contributed by atoms with Crippen molar-refractivity contribution < 1.29 is 16.5 Å². The van der Waals surface area contributed by atoms with Crippen molar-refractivity contribution in [3.8, 4) is 0 Å². The molecule has 0 saturated carbocycles. The maximum absolute atomic E-state index is 2.23. The van der Waals surface area contributed by atoms with Gasteiger partial charge >= 0.3 is 0 Å². The van der Waals surface area contributed by atoms with Gasteiger partial charge in [-0.3, -0.25) is 0 Å². The first kappa shape index (κ1) is 19.9. The van der Waals surface area contributed by atoms with Crippen molar-refractivity contribution in [2.45, 2.75) is 52.4 Å². The van der Waals surface area contributed by atoms with Gasteiger partial charge in [0.1, 0.15) is 0 Å². The van der Waals surface area contributed by atoms with Crippen molar-refractivity contribution in [2.75, 3.05) is 0 Å². The van der Waals surface area contributed by atoms with E-state index in [2.05, 4.69) is 74.5 Å². The number of hydrogen-bond donors (Lipinski definition) is 0. The van der Waals surface area contributed by atoms with E-state index in [-0.39, 0.29) is 16.5 Å². The summed E-state index contributed by atoms with van der Waals surface area (Å²) in [6.45, 7) is 4.45. The molecule has 0 amide bonds. The van der Waals surface area contributed by atoms with Gasteiger partial charge in [0.05, 0.1) is 0 Å². The van der Waals surface area contributed by atoms with Gasteiger partial charge in [-0.05, 0) is 36.8 Å². The van der Waals surface area contributed by atoms with Gasteiger partial charge < -0.3 is 0 Å². The van der Waals surface area contributed by atoms with Crippen LogP contribution in [0.4, 0.5) is 0 Å². The molecule has 0 spiro atoms. The predicted molar refractivity (Wildman–Crippen MR) is 90.1 cm³/mol. The molecule has 2 aromatic carbocycles. The molecule has 2 rings (SSSR count). The first-order valence-electron chi connectivity index (χ1n) is 7.94. The van der Waals surface area contributed by atoms with E-state index >= 15 is 0 Å². The number of rotatable bonds is 6. The molecule has 0 saturated heterocycles. The Hall–Kier alpha value is -1.07. The van der Waals surface area contributed by atoms with Crippen molar-refractivity contribution in [1.29, 1.82) is 0 Å². The van der Waals surface area contributed by atoms with Crippen molar-refractivity contribution in [1.82, 2.24) is 0 Å². The minimum Gasteiger partial charge on any atom is -0.0654 e. The van der Waals surface area contributed by atoms with E-state index in [1.54, 1.807) is 0 Å². The standard InChI is InChI=1S/2C10H14.Ni/c2*1-2-3-7-10-8-5-4-6-9-10;/h2*4-6,8-9H,2-3,7H2,1H3;. The van der Waals surface area contributed by atoms with Gasteiger partial charge in [0.15, 0.2) is 0 Å². The number of unbranched alkanes of at least 4 members (excludes halogenated alkanes) is 2. The Balaban J connectivity index is 0.000000364. The van der Waals surface area contributed by atoms with E-state index in [1.807, 2.05) is 0 Å². The number of benzene rings is 2. The SMILES string of the molecule is CCCCc1ccccc1.CCCCc1ccccc1.[Ni]. The van der Waals surface area contributed by atoms with Gasteiger partial charge in [0, 0.05) is 16.5 Å². The van der Waals surface area contributed by atoms with Crippen LogP contribution >= 0.6 is 0 Å². The smallest absolute Gasteiger partial charge is 0 e. The molecule has 21 heavy (non-hydrogen) atoms. The molecule has 0 N–H and O–H groups in total. The molecule has 0 aliphatic heterocycles. The minimum atomic E-state index is 0. The van der Waals surface area contributed by atoms with Crippen LogP contribution in [0.3, 0.4) is 0 Å². The molecular formula is C20H28Ni. The summed E-state index contributed by atoms with van der Waals surface area (Å²) in [6, 6.07) is 21.3. The normalized spacial score (nSPS) is 9.24. The summed E-state index contributed by atoms with van der Waals surface area (Å²) in [5.41, 5.74) is 2.92. The predicted octanol–water partition coefficient (Wildman–Crippen LogP) is 6.06. The zero-order valence-corrected chi connectivity index (χ0v) is 14.3. The van der Waals surface area contributed by atoms with Gasteiger partial charge in [-0.1, -0.05) is 87.4 Å². The van der Waals surface area contributed by atoms with Crippen molar-refractivity contribution in [2.24, 2.45) is 0 Å². The molecule has 0 fully saturated rings. The third-order valence-corrected chi connectivity index (χ3v) is 3.32. The maximum Gasteiger partial charge on any atom is 0 e. The first-order valence-corrected chi connectivity index (χ1v) is 7.94. The summed E-state index contributed by atoms with van der Waals surface area (Å²) in [5.74, 6) is 0. The average Bonchev–Trinajstić information content (AvgIpc) is 2.53. The van der Waals surface area contributed by atoms with E-state index < -0.39 is 0 Å². The molecule has 0 aliphatic rings. The van der Waals surface area contributed by atoms with Crippen LogP contribution in [0.15, 0.2) is 60.7 Å². The Bertz CT molecular complexity index is 379. The Kier molecular flexibility index (Phi) is 13.2. The van der Waals surface area contributed by atoms with E-state index in [0.29, 0.717) is 0 Å². The first-order chi connectivity index (χ1) is 9.86. The van der Waals surface area contributed by atoms with E-state index in [9.17, 15) is 0 Å². The van der Waals surface area contributed by atoms with Crippen LogP contribution in [-0.2, 0) is 29.3 Å². The molecule has 0 aromatic heterocycles. The van der Waals surface area contributed by atoms with Crippen LogP contribution in [0.5, 0.6) is 0 Å². The monoisotopic (exact) mass is 326 g/mol. The van der Waals surface area contributed by atoms with Gasteiger partial charge in [-0.25, -0.2) is 0 Å². The van der Waals surface area contributed by atoms with Crippen molar-refractivity contribution in [3.05, 3.63) is 71.8 Å². The molecule has 0 aliphatic carbocycles. The average molecular weight is 327 g/mol. The van der Waals surface area contributed by atoms with Crippen LogP contribution < -0.4 is 0 Å². The summed E-state index contributed by atoms with van der Waals surface area (Å²) >= 11 is 0. The summed E-state index contributed by atoms with van der Waals surface area (Å²) < 4.78 is 0. The fourth-order valence-electron chi connectivity index (χ4n) is 2.05. The fourth-order valence-corrected chi connectivity index (χ4v) is 2.05. The summed E-state index contributed by atoms with van der Waals surface area (Å²) in [4.78, 5) is 0. The Morgan fingerprint density at radius 1 is 0.571 bits per heavy atom. The molecule has 2 aromatic rings. The van der Waals surface area contributed by atoms with E-state index in [0.717, 1.165) is 0 Å². The van der Waals surface area contributed by atoms with Gasteiger partial charge in [0.25, 0.3) is 0 Å². The zero-order valence-electron chi connectivity index (χ0n) is 13.3. The summed E-state index contributed by atoms with van der Waals surface area (Å²) in [7, 11) is 0. The molecule has 0 nitrogen and oxygen atoms in total. The fraction of sp³-hybridized carbons (Fsp3) is 0.400. The third kappa shape index (κ3) is 10.3. The molecule has 0 heterocycles. The topological polar surface area (TPSA) is 0 Å². The van der Waals surface area contributed by atoms with Crippen LogP contribution in [0.2, 0.25) is 0 Å². The molecule has 1 heteroatoms. The molecule has 0 bridgehead atoms. The Labute approximate surface area is 140 Å². The summed E-state index contributed by atoms with van der Waals surface area (Å²) in [6.07, 6.45) is 7.66. The summed E-state index contributed by atoms with van der Waals surface area (Å²) in [5, 5.41) is 0.